The Morgan fingerprint density at radius 2 is 1.94 bits per heavy atom. The minimum absolute atomic E-state index is 0.0177. The van der Waals surface area contributed by atoms with Crippen LogP contribution in [-0.2, 0) is 20.4 Å². The largest absolute Gasteiger partial charge is 0.337 e. The van der Waals surface area contributed by atoms with Crippen molar-refractivity contribution in [3.8, 4) is 0 Å². The topological polar surface area (TPSA) is 54.5 Å². The minimum Gasteiger partial charge on any atom is -0.337 e. The predicted octanol–water partition coefficient (Wildman–Crippen LogP) is 1.96. The summed E-state index contributed by atoms with van der Waals surface area (Å²) in [6, 6.07) is 7.76. The number of carbonyl (C=O) groups excluding carboxylic acids is 1. The molecular weight excluding hydrogens is 389 g/mol. The van der Waals surface area contributed by atoms with E-state index in [1.54, 1.807) is 0 Å². The highest BCUT2D eigenvalue weighted by atomic mass is 127. The van der Waals surface area contributed by atoms with Crippen molar-refractivity contribution in [3.63, 3.8) is 0 Å². The van der Waals surface area contributed by atoms with Crippen LogP contribution in [0.25, 0.3) is 0 Å². The van der Waals surface area contributed by atoms with Crippen molar-refractivity contribution in [1.29, 1.82) is 0 Å². The van der Waals surface area contributed by atoms with Crippen LogP contribution in [0, 0.1) is 3.57 Å². The zero-order chi connectivity index (χ0) is 13.3. The van der Waals surface area contributed by atoms with Gasteiger partial charge in [-0.2, -0.15) is 0 Å². The normalized spacial score (nSPS) is 20.4. The molecule has 1 aromatic carbocycles. The molecule has 1 fully saturated rings. The minimum atomic E-state index is -3.66. The van der Waals surface area contributed by atoms with E-state index < -0.39 is 14.3 Å². The van der Waals surface area contributed by atoms with Crippen LogP contribution in [0.3, 0.4) is 0 Å². The van der Waals surface area contributed by atoms with E-state index in [0.29, 0.717) is 6.54 Å². The number of nitrogens with zero attached hydrogens (tertiary/aromatic N) is 1. The van der Waals surface area contributed by atoms with Gasteiger partial charge < -0.3 is 4.90 Å². The molecule has 1 saturated heterocycles. The molecule has 1 atom stereocenters. The number of rotatable bonds is 3. The Morgan fingerprint density at radius 1 is 1.33 bits per heavy atom. The Hall–Kier alpha value is -0.340. The van der Waals surface area contributed by atoms with Crippen LogP contribution in [-0.4, -0.2) is 31.0 Å². The summed E-state index contributed by atoms with van der Waals surface area (Å²) in [5.41, 5.74) is 0.983. The van der Waals surface area contributed by atoms with Crippen molar-refractivity contribution >= 4 is 48.2 Å². The number of benzene rings is 1. The van der Waals surface area contributed by atoms with Gasteiger partial charge in [0.15, 0.2) is 0 Å². The average Bonchev–Trinajstić information content (AvgIpc) is 2.63. The Kier molecular flexibility index (Phi) is 4.18. The summed E-state index contributed by atoms with van der Waals surface area (Å²) in [5, 5.41) is -0.782. The van der Waals surface area contributed by atoms with Gasteiger partial charge in [-0.3, -0.25) is 4.79 Å². The predicted molar refractivity (Wildman–Crippen MR) is 77.8 cm³/mol. The molecule has 1 aliphatic heterocycles. The molecule has 0 saturated carbocycles. The van der Waals surface area contributed by atoms with Crippen LogP contribution in [0.15, 0.2) is 24.3 Å². The van der Waals surface area contributed by atoms with Crippen LogP contribution >= 0.6 is 33.3 Å². The van der Waals surface area contributed by atoms with Gasteiger partial charge in [0.2, 0.25) is 15.0 Å². The fourth-order valence-corrected chi connectivity index (χ4v) is 3.30. The van der Waals surface area contributed by atoms with Crippen molar-refractivity contribution in [2.75, 3.05) is 6.54 Å². The fourth-order valence-electron chi connectivity index (χ4n) is 1.89. The Labute approximate surface area is 124 Å². The number of carbonyl (C=O) groups is 1. The highest BCUT2D eigenvalue weighted by Crippen LogP contribution is 2.23. The molecule has 1 unspecified atom stereocenters. The summed E-state index contributed by atoms with van der Waals surface area (Å²) >= 11 is 2.20. The van der Waals surface area contributed by atoms with Crippen LogP contribution < -0.4 is 0 Å². The molecule has 1 aromatic rings. The first-order valence-corrected chi connectivity index (χ1v) is 8.77. The van der Waals surface area contributed by atoms with Gasteiger partial charge in [-0.1, -0.05) is 12.1 Å². The fraction of sp³-hybridized carbons (Fsp3) is 0.364. The van der Waals surface area contributed by atoms with E-state index in [-0.39, 0.29) is 18.9 Å². The molecule has 1 heterocycles. The van der Waals surface area contributed by atoms with Crippen LogP contribution in [0.5, 0.6) is 0 Å². The van der Waals surface area contributed by atoms with Crippen molar-refractivity contribution < 1.29 is 13.2 Å². The van der Waals surface area contributed by atoms with Gasteiger partial charge in [-0.15, -0.1) is 0 Å². The lowest BCUT2D eigenvalue weighted by Gasteiger charge is -2.16. The summed E-state index contributed by atoms with van der Waals surface area (Å²) < 4.78 is 23.5. The lowest BCUT2D eigenvalue weighted by atomic mass is 10.2. The molecule has 1 aliphatic rings. The van der Waals surface area contributed by atoms with Gasteiger partial charge in [0.05, 0.1) is 0 Å². The molecule has 0 bridgehead atoms. The second-order valence-corrected chi connectivity index (χ2v) is 8.36. The smallest absolute Gasteiger partial charge is 0.237 e. The number of halogens is 2. The first kappa shape index (κ1) is 14.1. The Balaban J connectivity index is 2.07. The molecule has 2 rings (SSSR count). The summed E-state index contributed by atoms with van der Waals surface area (Å²) in [5.74, 6) is -0.164. The van der Waals surface area contributed by atoms with E-state index in [1.165, 1.54) is 4.90 Å². The highest BCUT2D eigenvalue weighted by molar-refractivity contribution is 14.1. The van der Waals surface area contributed by atoms with Crippen molar-refractivity contribution in [3.05, 3.63) is 33.4 Å². The van der Waals surface area contributed by atoms with E-state index in [1.807, 2.05) is 24.3 Å². The average molecular weight is 400 g/mol. The van der Waals surface area contributed by atoms with Crippen molar-refractivity contribution in [2.45, 2.75) is 18.2 Å². The zero-order valence-electron chi connectivity index (χ0n) is 9.34. The van der Waals surface area contributed by atoms with Gasteiger partial charge in [0.25, 0.3) is 0 Å². The molecule has 0 radical (unpaired) electrons. The number of likely N-dealkylation sites (tertiary alicyclic amines) is 1. The third-order valence-corrected chi connectivity index (χ3v) is 5.45. The second kappa shape index (κ2) is 5.34. The zero-order valence-corrected chi connectivity index (χ0v) is 13.1. The summed E-state index contributed by atoms with van der Waals surface area (Å²) in [4.78, 5) is 13.2. The second-order valence-electron chi connectivity index (χ2n) is 4.20. The maximum absolute atomic E-state index is 11.7. The van der Waals surface area contributed by atoms with Gasteiger partial charge in [-0.25, -0.2) is 8.42 Å². The van der Waals surface area contributed by atoms with Crippen LogP contribution in [0.1, 0.15) is 12.0 Å². The van der Waals surface area contributed by atoms with Crippen molar-refractivity contribution in [2.24, 2.45) is 0 Å². The molecule has 4 nitrogen and oxygen atoms in total. The molecular formula is C11H11ClINO3S. The highest BCUT2D eigenvalue weighted by Gasteiger charge is 2.37. The molecule has 98 valence electrons. The van der Waals surface area contributed by atoms with E-state index in [9.17, 15) is 13.2 Å². The Morgan fingerprint density at radius 3 is 2.44 bits per heavy atom. The third kappa shape index (κ3) is 3.36. The lowest BCUT2D eigenvalue weighted by Crippen LogP contribution is -2.26. The number of hydrogen-bond donors (Lipinski definition) is 0. The maximum Gasteiger partial charge on any atom is 0.237 e. The molecule has 7 heteroatoms. The van der Waals surface area contributed by atoms with Crippen LogP contribution in [0.2, 0.25) is 0 Å². The SMILES string of the molecule is O=C1CC(S(=O)(=O)Cl)CN1Cc1ccc(I)cc1. The van der Waals surface area contributed by atoms with E-state index in [0.717, 1.165) is 9.13 Å². The van der Waals surface area contributed by atoms with Gasteiger partial charge in [-0.05, 0) is 40.3 Å². The van der Waals surface area contributed by atoms with Crippen LogP contribution in [0.4, 0.5) is 0 Å². The first-order chi connectivity index (χ1) is 8.36. The Bertz CT molecular complexity index is 558. The number of hydrogen-bond acceptors (Lipinski definition) is 3. The molecule has 0 aromatic heterocycles. The first-order valence-electron chi connectivity index (χ1n) is 5.32. The quantitative estimate of drug-likeness (QED) is 0.577. The summed E-state index contributed by atoms with van der Waals surface area (Å²) in [7, 11) is 1.63. The monoisotopic (exact) mass is 399 g/mol. The van der Waals surface area contributed by atoms with Crippen molar-refractivity contribution in [1.82, 2.24) is 4.90 Å². The lowest BCUT2D eigenvalue weighted by molar-refractivity contribution is -0.128. The van der Waals surface area contributed by atoms with E-state index in [4.69, 9.17) is 10.7 Å². The van der Waals surface area contributed by atoms with E-state index >= 15 is 0 Å². The molecule has 18 heavy (non-hydrogen) atoms. The molecule has 0 N–H and O–H groups in total. The standard InChI is InChI=1S/C11H11ClINO3S/c12-18(16,17)10-5-11(15)14(7-10)6-8-1-3-9(13)4-2-8/h1-4,10H,5-7H2. The summed E-state index contributed by atoms with van der Waals surface area (Å²) in [6.07, 6.45) is -0.0177. The third-order valence-electron chi connectivity index (χ3n) is 2.86. The molecule has 1 amide bonds. The molecule has 0 aliphatic carbocycles. The maximum atomic E-state index is 11.7. The number of amides is 1. The summed E-state index contributed by atoms with van der Waals surface area (Å²) in [6.45, 7) is 0.606. The van der Waals surface area contributed by atoms with E-state index in [2.05, 4.69) is 22.6 Å². The molecule has 0 spiro atoms. The van der Waals surface area contributed by atoms with Gasteiger partial charge in [0.1, 0.15) is 5.25 Å². The van der Waals surface area contributed by atoms with Gasteiger partial charge in [0, 0.05) is 33.8 Å². The van der Waals surface area contributed by atoms with Gasteiger partial charge >= 0.3 is 0 Å².